The lowest BCUT2D eigenvalue weighted by Gasteiger charge is -2.11. The van der Waals surface area contributed by atoms with Crippen LogP contribution >= 0.6 is 23.4 Å². The maximum atomic E-state index is 12.5. The van der Waals surface area contributed by atoms with E-state index in [1.54, 1.807) is 7.11 Å². The summed E-state index contributed by atoms with van der Waals surface area (Å²) in [6.07, 6.45) is 0. The van der Waals surface area contributed by atoms with Crippen molar-refractivity contribution in [2.45, 2.75) is 19.0 Å². The highest BCUT2D eigenvalue weighted by atomic mass is 35.5. The zero-order valence-corrected chi connectivity index (χ0v) is 21.1. The molecule has 9 heteroatoms. The van der Waals surface area contributed by atoms with Gasteiger partial charge in [-0.3, -0.25) is 9.36 Å². The van der Waals surface area contributed by atoms with Crippen LogP contribution < -0.4 is 10.2 Å². The van der Waals surface area contributed by atoms with E-state index in [-0.39, 0.29) is 11.7 Å². The average molecular weight is 506 g/mol. The second-order valence-electron chi connectivity index (χ2n) is 7.74. The zero-order valence-electron chi connectivity index (χ0n) is 19.5. The van der Waals surface area contributed by atoms with Crippen molar-refractivity contribution in [3.63, 3.8) is 0 Å². The number of nitrogens with zero attached hydrogens (tertiary/aromatic N) is 4. The minimum absolute atomic E-state index is 0.125. The Labute approximate surface area is 213 Å². The van der Waals surface area contributed by atoms with Gasteiger partial charge in [0.15, 0.2) is 11.0 Å². The molecule has 0 spiro atoms. The quantitative estimate of drug-likeness (QED) is 0.193. The second-order valence-corrected chi connectivity index (χ2v) is 9.12. The Kier molecular flexibility index (Phi) is 7.84. The molecular weight excluding hydrogens is 482 g/mol. The molecule has 1 N–H and O–H groups in total. The van der Waals surface area contributed by atoms with Crippen molar-refractivity contribution < 1.29 is 9.53 Å². The molecule has 0 aliphatic carbocycles. The molecule has 0 aliphatic rings. The van der Waals surface area contributed by atoms with E-state index in [4.69, 9.17) is 16.3 Å². The van der Waals surface area contributed by atoms with Gasteiger partial charge in [-0.2, -0.15) is 5.10 Å². The summed E-state index contributed by atoms with van der Waals surface area (Å²) >= 11 is 7.35. The number of ether oxygens (including phenoxy) is 1. The number of halogens is 1. The molecule has 4 aromatic rings. The number of hydrazone groups is 1. The highest BCUT2D eigenvalue weighted by molar-refractivity contribution is 7.99. The molecule has 0 aliphatic heterocycles. The van der Waals surface area contributed by atoms with Crippen molar-refractivity contribution in [1.29, 1.82) is 0 Å². The molecule has 0 saturated carbocycles. The van der Waals surface area contributed by atoms with Crippen LogP contribution in [0.4, 0.5) is 0 Å². The number of amides is 1. The first-order valence-electron chi connectivity index (χ1n) is 10.8. The van der Waals surface area contributed by atoms with E-state index < -0.39 is 0 Å². The number of carbonyl (C=O) groups is 1. The number of nitrogens with one attached hydrogen (secondary N) is 1. The summed E-state index contributed by atoms with van der Waals surface area (Å²) in [4.78, 5) is 12.5. The van der Waals surface area contributed by atoms with Gasteiger partial charge in [-0.1, -0.05) is 53.2 Å². The van der Waals surface area contributed by atoms with Gasteiger partial charge in [-0.25, -0.2) is 5.43 Å². The van der Waals surface area contributed by atoms with E-state index >= 15 is 0 Å². The summed E-state index contributed by atoms with van der Waals surface area (Å²) in [5.74, 6) is 1.27. The molecule has 7 nitrogen and oxygen atoms in total. The Morgan fingerprint density at radius 2 is 1.83 bits per heavy atom. The zero-order chi connectivity index (χ0) is 24.8. The first-order valence-corrected chi connectivity index (χ1v) is 12.2. The summed E-state index contributed by atoms with van der Waals surface area (Å²) < 4.78 is 7.18. The van der Waals surface area contributed by atoms with Gasteiger partial charge in [0.2, 0.25) is 0 Å². The number of aromatic nitrogens is 3. The molecule has 0 bridgehead atoms. The molecule has 1 aromatic heterocycles. The Balaban J connectivity index is 1.52. The number of methoxy groups -OCH3 is 1. The lowest BCUT2D eigenvalue weighted by Crippen LogP contribution is -2.21. The Hall–Kier alpha value is -3.62. The summed E-state index contributed by atoms with van der Waals surface area (Å²) in [5.41, 5.74) is 7.08. The maximum Gasteiger partial charge on any atom is 0.250 e. The molecule has 0 saturated heterocycles. The van der Waals surface area contributed by atoms with Crippen LogP contribution in [-0.2, 0) is 4.79 Å². The summed E-state index contributed by atoms with van der Waals surface area (Å²) in [6.45, 7) is 3.86. The van der Waals surface area contributed by atoms with Crippen molar-refractivity contribution in [1.82, 2.24) is 20.2 Å². The lowest BCUT2D eigenvalue weighted by molar-refractivity contribution is -0.118. The summed E-state index contributed by atoms with van der Waals surface area (Å²) in [5, 5.41) is 14.2. The van der Waals surface area contributed by atoms with Crippen LogP contribution in [0.1, 0.15) is 18.1 Å². The van der Waals surface area contributed by atoms with Gasteiger partial charge in [-0.15, -0.1) is 10.2 Å². The van der Waals surface area contributed by atoms with Crippen molar-refractivity contribution >= 4 is 35.0 Å². The number of thioether (sulfide) groups is 1. The SMILES string of the molecule is COc1cccc(C(C)=NNC(=O)CSc2nnc(-c3ccc(Cl)cc3)n2-c2ccc(C)cc2)c1. The molecule has 0 unspecified atom stereocenters. The molecule has 178 valence electrons. The van der Waals surface area contributed by atoms with Gasteiger partial charge in [0, 0.05) is 21.8 Å². The fourth-order valence-corrected chi connectivity index (χ4v) is 4.17. The molecular formula is C26H24ClN5O2S. The highest BCUT2D eigenvalue weighted by Crippen LogP contribution is 2.29. The second kappa shape index (κ2) is 11.2. The third-order valence-corrected chi connectivity index (χ3v) is 6.38. The Morgan fingerprint density at radius 3 is 2.54 bits per heavy atom. The van der Waals surface area contributed by atoms with Gasteiger partial charge in [0.05, 0.1) is 18.6 Å². The maximum absolute atomic E-state index is 12.5. The van der Waals surface area contributed by atoms with Crippen LogP contribution in [0.15, 0.2) is 83.1 Å². The van der Waals surface area contributed by atoms with Crippen molar-refractivity contribution in [2.24, 2.45) is 5.10 Å². The average Bonchev–Trinajstić information content (AvgIpc) is 3.30. The number of hydrogen-bond acceptors (Lipinski definition) is 6. The summed E-state index contributed by atoms with van der Waals surface area (Å²) in [7, 11) is 1.61. The molecule has 0 radical (unpaired) electrons. The monoisotopic (exact) mass is 505 g/mol. The first-order chi connectivity index (χ1) is 16.9. The topological polar surface area (TPSA) is 81.4 Å². The van der Waals surface area contributed by atoms with Crippen LogP contribution in [0.5, 0.6) is 5.75 Å². The molecule has 3 aromatic carbocycles. The number of carbonyl (C=O) groups excluding carboxylic acids is 1. The fraction of sp³-hybridized carbons (Fsp3) is 0.154. The minimum atomic E-state index is -0.247. The summed E-state index contributed by atoms with van der Waals surface area (Å²) in [6, 6.07) is 23.0. The van der Waals surface area contributed by atoms with Crippen LogP contribution in [0.2, 0.25) is 5.02 Å². The van der Waals surface area contributed by atoms with Crippen LogP contribution in [0, 0.1) is 6.92 Å². The largest absolute Gasteiger partial charge is 0.497 e. The lowest BCUT2D eigenvalue weighted by atomic mass is 10.1. The fourth-order valence-electron chi connectivity index (χ4n) is 3.30. The molecule has 0 atom stereocenters. The van der Waals surface area contributed by atoms with Crippen molar-refractivity contribution in [3.8, 4) is 22.8 Å². The number of hydrogen-bond donors (Lipinski definition) is 1. The van der Waals surface area contributed by atoms with Gasteiger partial charge < -0.3 is 4.74 Å². The molecule has 0 fully saturated rings. The van der Waals surface area contributed by atoms with Crippen LogP contribution in [0.25, 0.3) is 17.1 Å². The molecule has 1 amide bonds. The Bertz CT molecular complexity index is 1350. The third-order valence-electron chi connectivity index (χ3n) is 5.20. The predicted octanol–water partition coefficient (Wildman–Crippen LogP) is 5.54. The molecule has 4 rings (SSSR count). The van der Waals surface area contributed by atoms with E-state index in [9.17, 15) is 4.79 Å². The van der Waals surface area contributed by atoms with E-state index in [1.807, 2.05) is 91.2 Å². The first kappa shape index (κ1) is 24.5. The molecule has 35 heavy (non-hydrogen) atoms. The smallest absolute Gasteiger partial charge is 0.250 e. The minimum Gasteiger partial charge on any atom is -0.497 e. The number of rotatable bonds is 8. The Morgan fingerprint density at radius 1 is 1.09 bits per heavy atom. The van der Waals surface area contributed by atoms with Crippen molar-refractivity contribution in [2.75, 3.05) is 12.9 Å². The predicted molar refractivity (Wildman–Crippen MR) is 141 cm³/mol. The standard InChI is InChI=1S/C26H24ClN5O2S/c1-17-7-13-22(14-8-17)32-25(19-9-11-21(27)12-10-19)30-31-26(32)35-16-24(33)29-28-18(2)20-5-4-6-23(15-20)34-3/h4-15H,16H2,1-3H3,(H,29,33). The van der Waals surface area contributed by atoms with E-state index in [2.05, 4.69) is 20.7 Å². The van der Waals surface area contributed by atoms with Gasteiger partial charge >= 0.3 is 0 Å². The van der Waals surface area contributed by atoms with Crippen molar-refractivity contribution in [3.05, 3.63) is 88.9 Å². The highest BCUT2D eigenvalue weighted by Gasteiger charge is 2.17. The third kappa shape index (κ3) is 6.09. The number of aryl methyl sites for hydroxylation is 1. The normalized spacial score (nSPS) is 11.4. The van der Waals surface area contributed by atoms with Crippen LogP contribution in [-0.4, -0.2) is 39.2 Å². The van der Waals surface area contributed by atoms with Gasteiger partial charge in [0.1, 0.15) is 5.75 Å². The van der Waals surface area contributed by atoms with Gasteiger partial charge in [-0.05, 0) is 62.4 Å². The molecule has 1 heterocycles. The van der Waals surface area contributed by atoms with Crippen LogP contribution in [0.3, 0.4) is 0 Å². The van der Waals surface area contributed by atoms with E-state index in [0.717, 1.165) is 28.1 Å². The van der Waals surface area contributed by atoms with Gasteiger partial charge in [0.25, 0.3) is 5.91 Å². The van der Waals surface area contributed by atoms with E-state index in [0.29, 0.717) is 21.7 Å². The van der Waals surface area contributed by atoms with E-state index in [1.165, 1.54) is 11.8 Å². The number of benzene rings is 3.